The summed E-state index contributed by atoms with van der Waals surface area (Å²) in [5, 5.41) is 72.3. The molecule has 59 heteroatoms. The van der Waals surface area contributed by atoms with E-state index in [9.17, 15) is 87.7 Å². The van der Waals surface area contributed by atoms with Crippen LogP contribution in [0.5, 0.6) is 5.75 Å². The van der Waals surface area contributed by atoms with Crippen molar-refractivity contribution in [1.82, 2.24) is 83.0 Å². The second-order valence-electron chi connectivity index (χ2n) is 27.3. The highest BCUT2D eigenvalue weighted by Crippen LogP contribution is 2.56. The number of methoxy groups -OCH3 is 1. The number of aromatic amines is 1. The number of aliphatic hydroxyl groups is 6. The van der Waals surface area contributed by atoms with E-state index >= 15 is 0 Å². The second kappa shape index (κ2) is 34.3. The molecule has 0 radical (unpaired) electrons. The van der Waals surface area contributed by atoms with Gasteiger partial charge in [0.25, 0.3) is 5.56 Å². The number of rotatable bonds is 32. The van der Waals surface area contributed by atoms with E-state index < -0.39 is 216 Å². The molecule has 0 saturated carbocycles. The number of hydrogen-bond acceptors (Lipinski definition) is 44. The average molecular weight is 1760 g/mol. The Morgan fingerprint density at radius 1 is 0.529 bits per heavy atom. The number of nitrogen functional groups attached to an aromatic ring is 4. The number of aromatic nitrogens is 16. The number of amides is 1. The van der Waals surface area contributed by atoms with E-state index in [0.29, 0.717) is 26.3 Å². The molecule has 4 unspecified atom stereocenters. The number of nitrogens with zero attached hydrogens (tertiary/aromatic N) is 16. The molecule has 14 rings (SSSR count). The molecule has 0 aliphatic carbocycles. The summed E-state index contributed by atoms with van der Waals surface area (Å²) in [4.78, 5) is 143. The van der Waals surface area contributed by atoms with Gasteiger partial charge in [-0.1, -0.05) is 12.1 Å². The smallest absolute Gasteiger partial charge is 0.472 e. The van der Waals surface area contributed by atoms with Crippen molar-refractivity contribution in [2.24, 2.45) is 5.73 Å². The van der Waals surface area contributed by atoms with Gasteiger partial charge < -0.3 is 118 Å². The van der Waals surface area contributed by atoms with Crippen molar-refractivity contribution < 1.29 is 138 Å². The van der Waals surface area contributed by atoms with Gasteiger partial charge in [-0.25, -0.2) is 62.7 Å². The number of phosphoric acid groups is 4. The highest BCUT2D eigenvalue weighted by Gasteiger charge is 2.57. The zero-order chi connectivity index (χ0) is 85.2. The molecule has 119 heavy (non-hydrogen) atoms. The number of anilines is 5. The highest BCUT2D eigenvalue weighted by molar-refractivity contribution is 7.48. The van der Waals surface area contributed by atoms with Crippen LogP contribution >= 0.6 is 31.3 Å². The number of carbonyl (C=O) groups excluding carboxylic acids is 1. The van der Waals surface area contributed by atoms with Crippen molar-refractivity contribution in [3.8, 4) is 5.75 Å². The number of benzene rings is 1. The molecule has 13 heterocycles. The van der Waals surface area contributed by atoms with Crippen molar-refractivity contribution in [3.05, 3.63) is 117 Å². The van der Waals surface area contributed by atoms with Crippen molar-refractivity contribution in [2.75, 3.05) is 82.1 Å². The number of nitrogens with one attached hydrogen (secondary N) is 2. The Bertz CT molecular complexity index is 5620. The number of ether oxygens (including phenoxy) is 6. The zero-order valence-corrected chi connectivity index (χ0v) is 65.2. The number of phosphoric ester groups is 4. The Labute approximate surface area is 664 Å². The maximum atomic E-state index is 14.4. The Morgan fingerprint density at radius 3 is 1.39 bits per heavy atom. The Kier molecular flexibility index (Phi) is 24.8. The van der Waals surface area contributed by atoms with Crippen LogP contribution in [0.25, 0.3) is 33.5 Å². The molecule has 0 bridgehead atoms. The number of aliphatic hydroxyl groups excluding tert-OH is 6. The Morgan fingerprint density at radius 2 is 0.933 bits per heavy atom. The van der Waals surface area contributed by atoms with Crippen LogP contribution in [0.3, 0.4) is 0 Å². The van der Waals surface area contributed by atoms with Crippen LogP contribution in [0.2, 0.25) is 0 Å². The van der Waals surface area contributed by atoms with E-state index in [-0.39, 0.29) is 63.3 Å². The van der Waals surface area contributed by atoms with Gasteiger partial charge in [0.05, 0.1) is 71.2 Å². The highest BCUT2D eigenvalue weighted by atomic mass is 31.2. The molecule has 8 aromatic heterocycles. The summed E-state index contributed by atoms with van der Waals surface area (Å²) in [6.45, 7) is -6.01. The van der Waals surface area contributed by atoms with Crippen LogP contribution in [0.4, 0.5) is 29.2 Å². The van der Waals surface area contributed by atoms with Crippen molar-refractivity contribution in [3.63, 3.8) is 0 Å². The average Bonchev–Trinajstić information content (AvgIpc) is 1.62. The number of imidazole rings is 3. The van der Waals surface area contributed by atoms with Gasteiger partial charge in [-0.15, -0.1) is 0 Å². The number of nitrogens with two attached hydrogens (primary N) is 5. The SMILES string of the molecule is COc1ccc(C[C@H](N)C(=O)N[C@H]2[C@@H](O)[C@H](n3cnc4c(N(C)C)ncnc43)O[C@@H]2COP(=O)(O)O[C@H]2[C@@H](O)[C@H](n3ccc(N)nc3=O)O[C@@H]2COP(=O)(O)O[C@H]2[C@@H](O)[C@H](n3ccc(N)nc3=O)O[C@@H]2COP(=O)(O)O[C@H]2[C@@H](O)[C@H](n3cnc4c(N)ncnc43)O[C@@H]2COP(=O)(O)O[C@H]2[C@@H](O)[C@H](n3cnc4c(=O)[nH]c(N)nc43)O[C@@H]2CO)cc1. The van der Waals surface area contributed by atoms with Crippen LogP contribution in [-0.2, 0) is 89.3 Å². The molecule has 5 aliphatic heterocycles. The van der Waals surface area contributed by atoms with E-state index in [2.05, 4.69) is 60.1 Å². The zero-order valence-electron chi connectivity index (χ0n) is 61.7. The van der Waals surface area contributed by atoms with E-state index in [1.807, 2.05) is 0 Å². The molecule has 55 nitrogen and oxygen atoms in total. The quantitative estimate of drug-likeness (QED) is 0.0175. The third-order valence-corrected chi connectivity index (χ3v) is 23.3. The fourth-order valence-corrected chi connectivity index (χ4v) is 17.6. The summed E-state index contributed by atoms with van der Waals surface area (Å²) in [7, 11) is -18.3. The first-order valence-electron chi connectivity index (χ1n) is 35.2. The van der Waals surface area contributed by atoms with Gasteiger partial charge in [-0.2, -0.15) is 15.0 Å². The molecule has 1 amide bonds. The number of hydrogen-bond donors (Lipinski definition) is 17. The van der Waals surface area contributed by atoms with Crippen molar-refractivity contribution in [2.45, 2.75) is 135 Å². The number of H-pyrrole nitrogens is 1. The van der Waals surface area contributed by atoms with Crippen LogP contribution < -0.4 is 60.6 Å². The van der Waals surface area contributed by atoms with E-state index in [0.717, 1.165) is 52.6 Å². The van der Waals surface area contributed by atoms with Gasteiger partial charge in [-0.05, 0) is 36.2 Å². The van der Waals surface area contributed by atoms with Crippen LogP contribution in [0.15, 0.2) is 94.8 Å². The fourth-order valence-electron chi connectivity index (χ4n) is 13.7. The summed E-state index contributed by atoms with van der Waals surface area (Å²) in [5.41, 5.74) is 26.7. The first-order valence-corrected chi connectivity index (χ1v) is 41.2. The van der Waals surface area contributed by atoms with Crippen LogP contribution in [0, 0.1) is 0 Å². The minimum atomic E-state index is -5.93. The molecule has 5 fully saturated rings. The van der Waals surface area contributed by atoms with Crippen LogP contribution in [0.1, 0.15) is 36.7 Å². The van der Waals surface area contributed by atoms with Gasteiger partial charge in [0.15, 0.2) is 70.8 Å². The molecule has 9 aromatic rings. The molecule has 5 aliphatic rings. The Balaban J connectivity index is 0.685. The lowest BCUT2D eigenvalue weighted by Gasteiger charge is -2.27. The molecular formula is C60H77N23O32P4. The van der Waals surface area contributed by atoms with Crippen molar-refractivity contribution in [1.29, 1.82) is 0 Å². The first-order chi connectivity index (χ1) is 56.4. The summed E-state index contributed by atoms with van der Waals surface area (Å²) in [6, 6.07) is 5.94. The lowest BCUT2D eigenvalue weighted by atomic mass is 10.0. The van der Waals surface area contributed by atoms with Gasteiger partial charge in [0, 0.05) is 26.5 Å². The summed E-state index contributed by atoms with van der Waals surface area (Å²) in [5.74, 6) is -1.16. The fraction of sp³-hybridized carbons (Fsp3) is 0.500. The molecular weight excluding hydrogens is 1680 g/mol. The summed E-state index contributed by atoms with van der Waals surface area (Å²) in [6.07, 6.45) is -30.2. The predicted molar refractivity (Wildman–Crippen MR) is 394 cm³/mol. The molecule has 25 atom stereocenters. The van der Waals surface area contributed by atoms with Gasteiger partial charge in [0.1, 0.15) is 121 Å². The minimum Gasteiger partial charge on any atom is -0.497 e. The van der Waals surface area contributed by atoms with Crippen molar-refractivity contribution >= 4 is 99.9 Å². The lowest BCUT2D eigenvalue weighted by molar-refractivity contribution is -0.124. The van der Waals surface area contributed by atoms with Gasteiger partial charge in [0.2, 0.25) is 11.9 Å². The standard InChI is InChI=1S/C60H77N23O32P4/c1-78(2)47-35-49(69-19-67-47)82(21-71-35)53-37(85)33(75-51(90)25(61)12-23-4-6-24(102-3)7-5-23)27(108-53)14-103-116(94,95)113-43-28(109-54(39(43)87)79-10-8-31(62)73-59(79)92)15-105-118(98,99)114-44-29(110-55(40(44)88)80-11-9-32(63)74-60(80)93)16-106-119(100,101)115-45-30(111-56(41(45)89)81-20-70-34-46(64)66-18-68-48(34)81)17-104-117(96,97)112-42-26(13-84)107-57(38(42)86)83-22-72-36-50(83)76-58(65)77-52(36)91/h4-11,18-22,25-30,33,37-45,53-57,84-89H,12-17,61H2,1-3H3,(H,75,90)(H,94,95)(H,96,97)(H,98,99)(H,100,101)(H2,62,73,92)(H2,63,74,93)(H2,64,66,68)(H3,65,76,77,91)/t25-,26+,27+,28+,29+,30+,33+,37+,38+,39+,40+,41+,42+,43+,44+,45+,53+,54+,55+,56+,57+/m0/s1. The van der Waals surface area contributed by atoms with Crippen LogP contribution in [-0.4, -0.2) is 286 Å². The molecule has 5 saturated heterocycles. The summed E-state index contributed by atoms with van der Waals surface area (Å²) < 4.78 is 140. The predicted octanol–water partition coefficient (Wildman–Crippen LogP) is -5.94. The molecule has 0 spiro atoms. The van der Waals surface area contributed by atoms with E-state index in [1.54, 1.807) is 43.3 Å². The van der Waals surface area contributed by atoms with E-state index in [1.165, 1.54) is 24.3 Å². The topological polar surface area (TPSA) is 783 Å². The van der Waals surface area contributed by atoms with Gasteiger partial charge >= 0.3 is 42.7 Å². The minimum absolute atomic E-state index is 0.0345. The normalized spacial score (nSPS) is 30.0. The summed E-state index contributed by atoms with van der Waals surface area (Å²) >= 11 is 0. The van der Waals surface area contributed by atoms with E-state index in [4.69, 9.17) is 93.3 Å². The second-order valence-corrected chi connectivity index (χ2v) is 33.0. The molecule has 644 valence electrons. The Hall–Kier alpha value is -9.34. The third-order valence-electron chi connectivity index (χ3n) is 19.4. The maximum Gasteiger partial charge on any atom is 0.472 e. The monoisotopic (exact) mass is 1760 g/mol. The first kappa shape index (κ1) is 86.1. The molecule has 22 N–H and O–H groups in total. The van der Waals surface area contributed by atoms with Gasteiger partial charge in [-0.3, -0.25) is 73.6 Å². The number of fused-ring (bicyclic) bond motifs is 3. The lowest BCUT2D eigenvalue weighted by Crippen LogP contribution is -2.53. The molecule has 1 aromatic carbocycles. The maximum absolute atomic E-state index is 14.4. The largest absolute Gasteiger partial charge is 0.497 e. The third kappa shape index (κ3) is 18.1. The number of carbonyl (C=O) groups is 1.